The fourth-order valence-corrected chi connectivity index (χ4v) is 3.98. The lowest BCUT2D eigenvalue weighted by atomic mass is 9.85. The number of halogens is 4. The lowest BCUT2D eigenvalue weighted by Gasteiger charge is -2.36. The summed E-state index contributed by atoms with van der Waals surface area (Å²) in [5.74, 6) is -5.12. The van der Waals surface area contributed by atoms with E-state index >= 15 is 0 Å². The zero-order valence-electron chi connectivity index (χ0n) is 15.7. The first kappa shape index (κ1) is 22.9. The molecular formula is C17H14F4N3O6S+. The van der Waals surface area contributed by atoms with E-state index < -0.39 is 86.6 Å². The van der Waals surface area contributed by atoms with Crippen molar-refractivity contribution in [3.05, 3.63) is 34.0 Å². The van der Waals surface area contributed by atoms with E-state index in [9.17, 15) is 41.6 Å². The number of nitroso groups, excluding NO2 is 1. The van der Waals surface area contributed by atoms with Crippen molar-refractivity contribution < 1.29 is 46.2 Å². The van der Waals surface area contributed by atoms with Crippen molar-refractivity contribution in [1.82, 2.24) is 4.98 Å². The van der Waals surface area contributed by atoms with Gasteiger partial charge in [0.2, 0.25) is 5.91 Å². The van der Waals surface area contributed by atoms with Crippen LogP contribution in [-0.4, -0.2) is 56.7 Å². The number of ether oxygens (including phenoxy) is 1. The fraction of sp³-hybridized carbons (Fsp3) is 0.471. The number of aromatic nitrogens is 1. The molecular weight excluding hydrogens is 450 g/mol. The van der Waals surface area contributed by atoms with Crippen LogP contribution in [0.1, 0.15) is 40.9 Å². The number of amides is 2. The van der Waals surface area contributed by atoms with Crippen LogP contribution >= 0.6 is 11.8 Å². The summed E-state index contributed by atoms with van der Waals surface area (Å²) in [7, 11) is 0. The Kier molecular flexibility index (Phi) is 5.51. The SMILES string of the molecule is C[C@@H](c1cc(C(=O)[N+](=O)C2(CC(N)=O)C(=O)SC2=O)ncc1C1(F)COC1)C(F)(F)F. The zero-order valence-corrected chi connectivity index (χ0v) is 16.5. The second-order valence-corrected chi connectivity index (χ2v) is 8.10. The van der Waals surface area contributed by atoms with Crippen molar-refractivity contribution in [2.24, 2.45) is 5.73 Å². The molecule has 2 aliphatic heterocycles. The largest absolute Gasteiger partial charge is 0.485 e. The molecule has 0 saturated carbocycles. The number of carbonyl (C=O) groups is 4. The monoisotopic (exact) mass is 464 g/mol. The average Bonchev–Trinajstić information content (AvgIpc) is 2.67. The van der Waals surface area contributed by atoms with Crippen LogP contribution in [0.5, 0.6) is 0 Å². The quantitative estimate of drug-likeness (QED) is 0.378. The van der Waals surface area contributed by atoms with Crippen molar-refractivity contribution in [2.75, 3.05) is 13.2 Å². The van der Waals surface area contributed by atoms with E-state index in [4.69, 9.17) is 10.5 Å². The second-order valence-electron chi connectivity index (χ2n) is 7.16. The first-order chi connectivity index (χ1) is 14.2. The van der Waals surface area contributed by atoms with Gasteiger partial charge in [-0.25, -0.2) is 14.2 Å². The maximum Gasteiger partial charge on any atom is 0.485 e. The van der Waals surface area contributed by atoms with Gasteiger partial charge >= 0.3 is 17.6 Å². The molecule has 1 aromatic rings. The van der Waals surface area contributed by atoms with Crippen LogP contribution in [0.25, 0.3) is 0 Å². The van der Waals surface area contributed by atoms with Crippen molar-refractivity contribution in [3.8, 4) is 0 Å². The highest BCUT2D eigenvalue weighted by molar-refractivity contribution is 8.29. The van der Waals surface area contributed by atoms with Crippen LogP contribution in [0.4, 0.5) is 17.6 Å². The van der Waals surface area contributed by atoms with E-state index in [0.717, 1.165) is 6.92 Å². The molecule has 0 radical (unpaired) electrons. The van der Waals surface area contributed by atoms with E-state index in [1.807, 2.05) is 0 Å². The number of hydrogen-bond acceptors (Lipinski definition) is 8. The summed E-state index contributed by atoms with van der Waals surface area (Å²) < 4.78 is 58.9. The predicted octanol–water partition coefficient (Wildman–Crippen LogP) is 1.28. The van der Waals surface area contributed by atoms with Crippen molar-refractivity contribution >= 4 is 33.8 Å². The van der Waals surface area contributed by atoms with E-state index in [2.05, 4.69) is 4.98 Å². The normalized spacial score (nSPS) is 20.4. The Morgan fingerprint density at radius 1 is 1.32 bits per heavy atom. The smallest absolute Gasteiger partial charge is 0.374 e. The Balaban J connectivity index is 2.05. The summed E-state index contributed by atoms with van der Waals surface area (Å²) in [5, 5.41) is -2.23. The number of nitrogens with zero attached hydrogens (tertiary/aromatic N) is 2. The maximum atomic E-state index is 14.8. The highest BCUT2D eigenvalue weighted by Crippen LogP contribution is 2.43. The van der Waals surface area contributed by atoms with Gasteiger partial charge in [-0.05, 0) is 18.6 Å². The molecule has 1 aromatic heterocycles. The lowest BCUT2D eigenvalue weighted by molar-refractivity contribution is -0.504. The molecule has 2 fully saturated rings. The molecule has 1 atom stereocenters. The lowest BCUT2D eigenvalue weighted by Crippen LogP contribution is -2.63. The second kappa shape index (κ2) is 7.44. The Labute approximate surface area is 175 Å². The van der Waals surface area contributed by atoms with Gasteiger partial charge in [0.15, 0.2) is 11.4 Å². The molecule has 2 saturated heterocycles. The third-order valence-corrected chi connectivity index (χ3v) is 6.13. The molecule has 9 nitrogen and oxygen atoms in total. The number of hydrogen-bond donors (Lipinski definition) is 1. The van der Waals surface area contributed by atoms with Gasteiger partial charge in [-0.2, -0.15) is 13.2 Å². The van der Waals surface area contributed by atoms with E-state index in [0.29, 0.717) is 12.3 Å². The Morgan fingerprint density at radius 2 is 1.90 bits per heavy atom. The van der Waals surface area contributed by atoms with Gasteiger partial charge in [0.05, 0.1) is 19.1 Å². The summed E-state index contributed by atoms with van der Waals surface area (Å²) >= 11 is 0.0889. The highest BCUT2D eigenvalue weighted by Gasteiger charge is 2.72. The van der Waals surface area contributed by atoms with Crippen LogP contribution in [0, 0.1) is 4.91 Å². The number of nitrogens with two attached hydrogens (primary N) is 1. The third-order valence-electron chi connectivity index (χ3n) is 5.08. The summed E-state index contributed by atoms with van der Waals surface area (Å²) in [6.45, 7) is -0.306. The standard InChI is InChI=1S/C17H13F4N3O6S/c1-7(17(19,20)21)8-2-10(23-4-9(8)15(18)5-30-6-15)12(26)24(29)16(3-11(22)25)13(27)31-14(16)28/h2,4,7H,3,5-6H2,1H3,(H-,22,25)/p+1/t7-/m0/s1. The Hall–Kier alpha value is -2.74. The molecule has 2 amide bonds. The van der Waals surface area contributed by atoms with Crippen LogP contribution < -0.4 is 5.73 Å². The third kappa shape index (κ3) is 3.63. The van der Waals surface area contributed by atoms with E-state index in [1.165, 1.54) is 0 Å². The first-order valence-electron chi connectivity index (χ1n) is 8.64. The summed E-state index contributed by atoms with van der Waals surface area (Å²) in [6, 6.07) is 0.582. The molecule has 2 N–H and O–H groups in total. The van der Waals surface area contributed by atoms with Crippen LogP contribution in [0.15, 0.2) is 12.3 Å². The number of primary amides is 1. The van der Waals surface area contributed by atoms with Gasteiger partial charge in [-0.1, -0.05) is 0 Å². The number of carbonyl (C=O) groups excluding carboxylic acids is 4. The molecule has 0 spiro atoms. The van der Waals surface area contributed by atoms with Crippen molar-refractivity contribution in [3.63, 3.8) is 0 Å². The molecule has 0 aromatic carbocycles. The molecule has 2 aliphatic rings. The molecule has 166 valence electrons. The van der Waals surface area contributed by atoms with E-state index in [1.54, 1.807) is 0 Å². The van der Waals surface area contributed by atoms with Gasteiger partial charge in [-0.3, -0.25) is 14.4 Å². The van der Waals surface area contributed by atoms with Gasteiger partial charge in [0.25, 0.3) is 10.2 Å². The zero-order chi connectivity index (χ0) is 23.4. The molecule has 14 heteroatoms. The molecule has 0 unspecified atom stereocenters. The summed E-state index contributed by atoms with van der Waals surface area (Å²) in [6.07, 6.45) is -5.24. The number of thioether (sulfide) groups is 1. The van der Waals surface area contributed by atoms with Gasteiger partial charge in [-0.15, -0.1) is 0 Å². The maximum absolute atomic E-state index is 14.8. The predicted molar refractivity (Wildman–Crippen MR) is 94.4 cm³/mol. The van der Waals surface area contributed by atoms with Crippen LogP contribution in [0.3, 0.4) is 0 Å². The van der Waals surface area contributed by atoms with Gasteiger partial charge < -0.3 is 10.5 Å². The molecule has 3 rings (SSSR count). The van der Waals surface area contributed by atoms with Gasteiger partial charge in [0.1, 0.15) is 11.2 Å². The number of alkyl halides is 4. The van der Waals surface area contributed by atoms with Crippen LogP contribution in [0.2, 0.25) is 0 Å². The topological polar surface area (TPSA) is 136 Å². The minimum atomic E-state index is -4.82. The van der Waals surface area contributed by atoms with Crippen molar-refractivity contribution in [2.45, 2.75) is 36.6 Å². The molecule has 3 heterocycles. The minimum Gasteiger partial charge on any atom is -0.374 e. The van der Waals surface area contributed by atoms with Gasteiger partial charge in [0, 0.05) is 28.4 Å². The first-order valence-corrected chi connectivity index (χ1v) is 9.46. The van der Waals surface area contributed by atoms with Crippen LogP contribution in [-0.2, 0) is 24.8 Å². The number of rotatable bonds is 6. The highest BCUT2D eigenvalue weighted by atomic mass is 32.2. The summed E-state index contributed by atoms with van der Waals surface area (Å²) in [4.78, 5) is 63.9. The Bertz CT molecular complexity index is 1010. The summed E-state index contributed by atoms with van der Waals surface area (Å²) in [5.41, 5.74) is -1.99. The number of pyridine rings is 1. The van der Waals surface area contributed by atoms with E-state index in [-0.39, 0.29) is 11.8 Å². The molecule has 0 aliphatic carbocycles. The fourth-order valence-electron chi connectivity index (χ4n) is 3.14. The molecule has 31 heavy (non-hydrogen) atoms. The molecule has 0 bridgehead atoms. The van der Waals surface area contributed by atoms with Crippen molar-refractivity contribution in [1.29, 1.82) is 0 Å². The average molecular weight is 464 g/mol. The Morgan fingerprint density at radius 3 is 2.32 bits per heavy atom. The minimum absolute atomic E-state index is 0.0889.